The molecule has 0 fully saturated rings. The quantitative estimate of drug-likeness (QED) is 0.288. The molecular weight excluding hydrogens is 436 g/mol. The van der Waals surface area contributed by atoms with Gasteiger partial charge in [0.1, 0.15) is 5.82 Å². The van der Waals surface area contributed by atoms with Crippen LogP contribution in [0.1, 0.15) is 17.0 Å². The van der Waals surface area contributed by atoms with E-state index < -0.39 is 0 Å². The molecule has 2 heterocycles. The second-order valence-electron chi connectivity index (χ2n) is 8.20. The minimum absolute atomic E-state index is 0.200. The molecule has 0 saturated carbocycles. The van der Waals surface area contributed by atoms with Crippen molar-refractivity contribution in [2.75, 3.05) is 11.9 Å². The average molecular weight is 459 g/mol. The highest BCUT2D eigenvalue weighted by molar-refractivity contribution is 7.16. The Labute approximate surface area is 202 Å². The number of nitrogens with zero attached hydrogens (tertiary/aromatic N) is 3. The van der Waals surface area contributed by atoms with Crippen LogP contribution in [0.5, 0.6) is 0 Å². The summed E-state index contributed by atoms with van der Waals surface area (Å²) in [6.45, 7) is 0.722. The fourth-order valence-corrected chi connectivity index (χ4v) is 4.99. The highest BCUT2D eigenvalue weighted by atomic mass is 32.1. The maximum absolute atomic E-state index is 4.98. The van der Waals surface area contributed by atoms with Crippen molar-refractivity contribution < 1.29 is 0 Å². The molecule has 0 aliphatic heterocycles. The summed E-state index contributed by atoms with van der Waals surface area (Å²) in [7, 11) is 0. The largest absolute Gasteiger partial charge is 0.368 e. The van der Waals surface area contributed by atoms with Gasteiger partial charge in [-0.05, 0) is 41.5 Å². The molecule has 0 saturated heterocycles. The van der Waals surface area contributed by atoms with E-state index in [1.807, 2.05) is 23.7 Å². The normalized spacial score (nSPS) is 11.3. The van der Waals surface area contributed by atoms with Crippen LogP contribution in [-0.2, 0) is 0 Å². The highest BCUT2D eigenvalue weighted by Crippen LogP contribution is 2.30. The number of fused-ring (bicyclic) bond motifs is 2. The molecule has 164 valence electrons. The maximum Gasteiger partial charge on any atom is 0.162 e. The monoisotopic (exact) mass is 458 g/mol. The van der Waals surface area contributed by atoms with Gasteiger partial charge in [-0.1, -0.05) is 72.8 Å². The molecule has 0 radical (unpaired) electrons. The Morgan fingerprint density at radius 3 is 2.18 bits per heavy atom. The van der Waals surface area contributed by atoms with Crippen molar-refractivity contribution >= 4 is 38.3 Å². The van der Waals surface area contributed by atoms with E-state index in [0.717, 1.165) is 39.0 Å². The molecule has 0 unspecified atom stereocenters. The van der Waals surface area contributed by atoms with Crippen molar-refractivity contribution in [2.45, 2.75) is 5.92 Å². The number of aromatic nitrogens is 3. The molecule has 5 heteroatoms. The zero-order valence-corrected chi connectivity index (χ0v) is 19.2. The Morgan fingerprint density at radius 2 is 1.41 bits per heavy atom. The second-order valence-corrected chi connectivity index (χ2v) is 9.09. The van der Waals surface area contributed by atoms with Crippen LogP contribution in [0.3, 0.4) is 0 Å². The second kappa shape index (κ2) is 9.04. The molecule has 4 nitrogen and oxygen atoms in total. The van der Waals surface area contributed by atoms with Crippen molar-refractivity contribution in [2.24, 2.45) is 0 Å². The van der Waals surface area contributed by atoms with Crippen molar-refractivity contribution in [1.29, 1.82) is 0 Å². The predicted octanol–water partition coefficient (Wildman–Crippen LogP) is 7.15. The first kappa shape index (κ1) is 20.5. The average Bonchev–Trinajstić information content (AvgIpc) is 3.38. The summed E-state index contributed by atoms with van der Waals surface area (Å²) in [6, 6.07) is 35.6. The van der Waals surface area contributed by atoms with Gasteiger partial charge >= 0.3 is 0 Å². The number of nitrogens with one attached hydrogen (secondary N) is 1. The summed E-state index contributed by atoms with van der Waals surface area (Å²) in [4.78, 5) is 14.3. The number of hydrogen-bond donors (Lipinski definition) is 1. The molecule has 0 bridgehead atoms. The SMILES string of the molecule is c1ccc(C(CNc2nc(-c3ccc4scnc4c3)nc3ccccc23)c2ccccc2)cc1. The lowest BCUT2D eigenvalue weighted by molar-refractivity contribution is 0.849. The number of hydrogen-bond acceptors (Lipinski definition) is 5. The third-order valence-corrected chi connectivity index (χ3v) is 6.88. The number of para-hydroxylation sites is 1. The van der Waals surface area contributed by atoms with Gasteiger partial charge in [-0.15, -0.1) is 11.3 Å². The molecule has 0 aliphatic carbocycles. The summed E-state index contributed by atoms with van der Waals surface area (Å²) in [5.74, 6) is 1.74. The highest BCUT2D eigenvalue weighted by Gasteiger charge is 2.16. The summed E-state index contributed by atoms with van der Waals surface area (Å²) >= 11 is 1.64. The predicted molar refractivity (Wildman–Crippen MR) is 141 cm³/mol. The number of rotatable bonds is 6. The molecule has 6 rings (SSSR count). The van der Waals surface area contributed by atoms with Gasteiger partial charge in [0.05, 0.1) is 21.2 Å². The van der Waals surface area contributed by atoms with Gasteiger partial charge in [0, 0.05) is 23.4 Å². The maximum atomic E-state index is 4.98. The van der Waals surface area contributed by atoms with Gasteiger partial charge in [-0.2, -0.15) is 0 Å². The molecule has 1 N–H and O–H groups in total. The first-order valence-corrected chi connectivity index (χ1v) is 12.2. The molecule has 0 atom stereocenters. The summed E-state index contributed by atoms with van der Waals surface area (Å²) in [5.41, 5.74) is 7.28. The van der Waals surface area contributed by atoms with Crippen molar-refractivity contribution in [1.82, 2.24) is 15.0 Å². The van der Waals surface area contributed by atoms with E-state index in [4.69, 9.17) is 9.97 Å². The Kier molecular flexibility index (Phi) is 5.45. The minimum Gasteiger partial charge on any atom is -0.368 e. The first-order chi connectivity index (χ1) is 16.8. The van der Waals surface area contributed by atoms with Crippen LogP contribution >= 0.6 is 11.3 Å². The number of thiazole rings is 1. The molecule has 6 aromatic rings. The third kappa shape index (κ3) is 4.02. The smallest absolute Gasteiger partial charge is 0.162 e. The zero-order valence-electron chi connectivity index (χ0n) is 18.4. The summed E-state index contributed by atoms with van der Waals surface area (Å²) in [6.07, 6.45) is 0. The van der Waals surface area contributed by atoms with Crippen molar-refractivity contribution in [3.8, 4) is 11.4 Å². The van der Waals surface area contributed by atoms with Gasteiger partial charge < -0.3 is 5.32 Å². The molecule has 0 spiro atoms. The Bertz CT molecular complexity index is 1520. The third-order valence-electron chi connectivity index (χ3n) is 6.07. The van der Waals surface area contributed by atoms with Crippen LogP contribution in [0.25, 0.3) is 32.5 Å². The molecule has 2 aromatic heterocycles. The van der Waals surface area contributed by atoms with Crippen LogP contribution in [0.4, 0.5) is 5.82 Å². The lowest BCUT2D eigenvalue weighted by Crippen LogP contribution is -2.15. The van der Waals surface area contributed by atoms with Gasteiger partial charge in [-0.25, -0.2) is 15.0 Å². The molecule has 0 amide bonds. The van der Waals surface area contributed by atoms with E-state index in [2.05, 4.69) is 95.2 Å². The van der Waals surface area contributed by atoms with Gasteiger partial charge in [0.15, 0.2) is 5.82 Å². The van der Waals surface area contributed by atoms with Crippen LogP contribution in [0.15, 0.2) is 109 Å². The van der Waals surface area contributed by atoms with E-state index in [-0.39, 0.29) is 5.92 Å². The standard InChI is InChI=1S/C29H22N4S/c1-3-9-20(10-4-1)24(21-11-5-2-6-12-21)18-30-29-23-13-7-8-14-25(23)32-28(33-29)22-15-16-27-26(17-22)31-19-34-27/h1-17,19,24H,18H2,(H,30,32,33). The molecule has 0 aliphatic rings. The van der Waals surface area contributed by atoms with E-state index in [9.17, 15) is 0 Å². The fourth-order valence-electron chi connectivity index (χ4n) is 4.33. The summed E-state index contributed by atoms with van der Waals surface area (Å²) in [5, 5.41) is 4.68. The van der Waals surface area contributed by atoms with E-state index in [1.165, 1.54) is 11.1 Å². The Hall–Kier alpha value is -4.09. The fraction of sp³-hybridized carbons (Fsp3) is 0.0690. The van der Waals surface area contributed by atoms with E-state index in [1.54, 1.807) is 11.3 Å². The lowest BCUT2D eigenvalue weighted by Gasteiger charge is -2.20. The first-order valence-electron chi connectivity index (χ1n) is 11.3. The van der Waals surface area contributed by atoms with Crippen molar-refractivity contribution in [3.63, 3.8) is 0 Å². The van der Waals surface area contributed by atoms with Gasteiger partial charge in [0.25, 0.3) is 0 Å². The van der Waals surface area contributed by atoms with Crippen LogP contribution in [0, 0.1) is 0 Å². The van der Waals surface area contributed by atoms with Crippen LogP contribution in [-0.4, -0.2) is 21.5 Å². The topological polar surface area (TPSA) is 50.7 Å². The molecule has 4 aromatic carbocycles. The van der Waals surface area contributed by atoms with E-state index >= 15 is 0 Å². The summed E-state index contributed by atoms with van der Waals surface area (Å²) < 4.78 is 1.16. The van der Waals surface area contributed by atoms with Gasteiger partial charge in [0.2, 0.25) is 0 Å². The Balaban J connectivity index is 1.40. The van der Waals surface area contributed by atoms with Crippen LogP contribution in [0.2, 0.25) is 0 Å². The number of anilines is 1. The van der Waals surface area contributed by atoms with Gasteiger partial charge in [-0.3, -0.25) is 0 Å². The molecule has 34 heavy (non-hydrogen) atoms. The van der Waals surface area contributed by atoms with E-state index in [0.29, 0.717) is 5.82 Å². The number of benzene rings is 4. The molecular formula is C29H22N4S. The van der Waals surface area contributed by atoms with Crippen molar-refractivity contribution in [3.05, 3.63) is 120 Å². The Morgan fingerprint density at radius 1 is 0.706 bits per heavy atom. The zero-order chi connectivity index (χ0) is 22.7. The van der Waals surface area contributed by atoms with Crippen LogP contribution < -0.4 is 5.32 Å². The minimum atomic E-state index is 0.200. The lowest BCUT2D eigenvalue weighted by atomic mass is 9.91.